The van der Waals surface area contributed by atoms with Gasteiger partial charge in [0, 0.05) is 5.69 Å². The van der Waals surface area contributed by atoms with Gasteiger partial charge in [0.25, 0.3) is 0 Å². The first kappa shape index (κ1) is 12.5. The summed E-state index contributed by atoms with van der Waals surface area (Å²) in [6.07, 6.45) is 0.922. The molecular weight excluding hydrogens is 204 g/mol. The Bertz CT molecular complexity index is 312. The summed E-state index contributed by atoms with van der Waals surface area (Å²) in [5.74, 6) is 0.569. The number of benzene rings is 1. The smallest absolute Gasteiger partial charge is 0.306 e. The molecule has 0 saturated heterocycles. The van der Waals surface area contributed by atoms with Crippen molar-refractivity contribution in [1.29, 1.82) is 0 Å². The number of para-hydroxylation sites is 1. The van der Waals surface area contributed by atoms with Crippen LogP contribution >= 0.6 is 0 Å². The number of hydrogen-bond acceptors (Lipinski definition) is 2. The van der Waals surface area contributed by atoms with Crippen molar-refractivity contribution in [1.82, 2.24) is 5.48 Å². The minimum absolute atomic E-state index is 0.352. The lowest BCUT2D eigenvalue weighted by Crippen LogP contribution is -2.29. The van der Waals surface area contributed by atoms with E-state index in [0.29, 0.717) is 12.5 Å². The average molecular weight is 222 g/mol. The molecule has 0 heterocycles. The molecule has 4 nitrogen and oxygen atoms in total. The van der Waals surface area contributed by atoms with E-state index in [-0.39, 0.29) is 6.03 Å². The van der Waals surface area contributed by atoms with Gasteiger partial charge in [-0.3, -0.25) is 4.84 Å². The zero-order valence-corrected chi connectivity index (χ0v) is 9.69. The third-order valence-corrected chi connectivity index (χ3v) is 1.99. The molecule has 1 aromatic carbocycles. The lowest BCUT2D eigenvalue weighted by molar-refractivity contribution is 0.0589. The molecule has 0 aliphatic rings. The molecule has 0 bridgehead atoms. The highest BCUT2D eigenvalue weighted by Crippen LogP contribution is 2.04. The van der Waals surface area contributed by atoms with Crippen molar-refractivity contribution >= 4 is 11.7 Å². The summed E-state index contributed by atoms with van der Waals surface area (Å²) in [6.45, 7) is 4.74. The monoisotopic (exact) mass is 222 g/mol. The van der Waals surface area contributed by atoms with E-state index in [1.807, 2.05) is 30.3 Å². The Balaban J connectivity index is 2.17. The van der Waals surface area contributed by atoms with Crippen LogP contribution in [-0.2, 0) is 4.84 Å². The number of rotatable bonds is 5. The summed E-state index contributed by atoms with van der Waals surface area (Å²) in [6, 6.07) is 8.88. The largest absolute Gasteiger partial charge is 0.343 e. The Morgan fingerprint density at radius 2 is 2.00 bits per heavy atom. The van der Waals surface area contributed by atoms with E-state index in [1.165, 1.54) is 0 Å². The quantitative estimate of drug-likeness (QED) is 0.594. The maximum absolute atomic E-state index is 11.3. The third kappa shape index (κ3) is 5.36. The van der Waals surface area contributed by atoms with Crippen molar-refractivity contribution < 1.29 is 9.63 Å². The average Bonchev–Trinajstić information content (AvgIpc) is 2.25. The number of anilines is 1. The minimum atomic E-state index is -0.352. The van der Waals surface area contributed by atoms with Crippen molar-refractivity contribution in [3.63, 3.8) is 0 Å². The van der Waals surface area contributed by atoms with Gasteiger partial charge in [-0.25, -0.2) is 10.3 Å². The molecular formula is C12H18N2O2. The zero-order valence-electron chi connectivity index (χ0n) is 9.69. The van der Waals surface area contributed by atoms with Gasteiger partial charge >= 0.3 is 6.03 Å². The molecule has 0 radical (unpaired) electrons. The second kappa shape index (κ2) is 6.85. The third-order valence-electron chi connectivity index (χ3n) is 1.99. The minimum Gasteiger partial charge on any atom is -0.306 e. The van der Waals surface area contributed by atoms with Crippen LogP contribution in [0.5, 0.6) is 0 Å². The van der Waals surface area contributed by atoms with Gasteiger partial charge in [0.15, 0.2) is 0 Å². The van der Waals surface area contributed by atoms with E-state index in [9.17, 15) is 4.79 Å². The van der Waals surface area contributed by atoms with Gasteiger partial charge in [0.05, 0.1) is 6.61 Å². The van der Waals surface area contributed by atoms with Gasteiger partial charge in [0.2, 0.25) is 0 Å². The second-order valence-corrected chi connectivity index (χ2v) is 3.95. The summed E-state index contributed by atoms with van der Waals surface area (Å²) in [5.41, 5.74) is 3.08. The molecule has 1 aromatic rings. The number of amides is 2. The first-order chi connectivity index (χ1) is 7.68. The Kier molecular flexibility index (Phi) is 5.36. The number of urea groups is 1. The van der Waals surface area contributed by atoms with E-state index in [2.05, 4.69) is 24.6 Å². The van der Waals surface area contributed by atoms with Gasteiger partial charge in [-0.05, 0) is 24.5 Å². The number of hydroxylamine groups is 1. The first-order valence-corrected chi connectivity index (χ1v) is 5.42. The molecule has 2 N–H and O–H groups in total. The Morgan fingerprint density at radius 3 is 2.62 bits per heavy atom. The van der Waals surface area contributed by atoms with Crippen molar-refractivity contribution in [2.24, 2.45) is 5.92 Å². The Hall–Kier alpha value is -1.55. The molecule has 0 unspecified atom stereocenters. The van der Waals surface area contributed by atoms with Gasteiger partial charge in [0.1, 0.15) is 0 Å². The molecule has 1 rings (SSSR count). The topological polar surface area (TPSA) is 50.4 Å². The highest BCUT2D eigenvalue weighted by atomic mass is 16.7. The highest BCUT2D eigenvalue weighted by Gasteiger charge is 2.00. The maximum atomic E-state index is 11.3. The van der Waals surface area contributed by atoms with Crippen LogP contribution in [0.4, 0.5) is 10.5 Å². The van der Waals surface area contributed by atoms with Gasteiger partial charge in [-0.2, -0.15) is 0 Å². The molecule has 16 heavy (non-hydrogen) atoms. The fraction of sp³-hybridized carbons (Fsp3) is 0.417. The number of nitrogens with one attached hydrogen (secondary N) is 2. The van der Waals surface area contributed by atoms with Gasteiger partial charge < -0.3 is 5.32 Å². The Morgan fingerprint density at radius 1 is 1.31 bits per heavy atom. The van der Waals surface area contributed by atoms with Crippen LogP contribution in [0.15, 0.2) is 30.3 Å². The Labute approximate surface area is 95.9 Å². The summed E-state index contributed by atoms with van der Waals surface area (Å²) in [4.78, 5) is 16.3. The summed E-state index contributed by atoms with van der Waals surface area (Å²) in [7, 11) is 0. The van der Waals surface area contributed by atoms with E-state index < -0.39 is 0 Å². The normalized spacial score (nSPS) is 10.2. The molecule has 0 fully saturated rings. The molecule has 4 heteroatoms. The predicted octanol–water partition coefficient (Wildman–Crippen LogP) is 2.79. The summed E-state index contributed by atoms with van der Waals surface area (Å²) in [5, 5.41) is 2.65. The van der Waals surface area contributed by atoms with Crippen LogP contribution in [0, 0.1) is 5.92 Å². The standard InChI is InChI=1S/C12H18N2O2/c1-10(2)8-9-16-14-12(15)13-11-6-4-3-5-7-11/h3-7,10H,8-9H2,1-2H3,(H2,13,14,15). The van der Waals surface area contributed by atoms with Crippen LogP contribution in [0.1, 0.15) is 20.3 Å². The molecule has 0 aliphatic heterocycles. The van der Waals surface area contributed by atoms with E-state index in [4.69, 9.17) is 4.84 Å². The summed E-state index contributed by atoms with van der Waals surface area (Å²) < 4.78 is 0. The molecule has 88 valence electrons. The van der Waals surface area contributed by atoms with Crippen LogP contribution in [0.3, 0.4) is 0 Å². The molecule has 0 saturated carbocycles. The van der Waals surface area contributed by atoms with Crippen molar-refractivity contribution in [2.75, 3.05) is 11.9 Å². The van der Waals surface area contributed by atoms with Crippen LogP contribution < -0.4 is 10.8 Å². The molecule has 2 amide bonds. The SMILES string of the molecule is CC(C)CCONC(=O)Nc1ccccc1. The molecule has 0 spiro atoms. The predicted molar refractivity (Wildman–Crippen MR) is 64.0 cm³/mol. The van der Waals surface area contributed by atoms with Crippen LogP contribution in [0.25, 0.3) is 0 Å². The van der Waals surface area contributed by atoms with Gasteiger partial charge in [-0.1, -0.05) is 32.0 Å². The van der Waals surface area contributed by atoms with E-state index in [0.717, 1.165) is 12.1 Å². The lowest BCUT2D eigenvalue weighted by atomic mass is 10.1. The fourth-order valence-corrected chi connectivity index (χ4v) is 1.09. The van der Waals surface area contributed by atoms with Crippen molar-refractivity contribution in [3.8, 4) is 0 Å². The number of carbonyl (C=O) groups is 1. The van der Waals surface area contributed by atoms with Crippen LogP contribution in [0.2, 0.25) is 0 Å². The van der Waals surface area contributed by atoms with Gasteiger partial charge in [-0.15, -0.1) is 0 Å². The van der Waals surface area contributed by atoms with E-state index >= 15 is 0 Å². The fourth-order valence-electron chi connectivity index (χ4n) is 1.09. The van der Waals surface area contributed by atoms with Crippen LogP contribution in [-0.4, -0.2) is 12.6 Å². The summed E-state index contributed by atoms with van der Waals surface area (Å²) >= 11 is 0. The van der Waals surface area contributed by atoms with Crippen molar-refractivity contribution in [3.05, 3.63) is 30.3 Å². The maximum Gasteiger partial charge on any atom is 0.343 e. The molecule has 0 aliphatic carbocycles. The van der Waals surface area contributed by atoms with E-state index in [1.54, 1.807) is 0 Å². The zero-order chi connectivity index (χ0) is 11.8. The molecule has 0 atom stereocenters. The lowest BCUT2D eigenvalue weighted by Gasteiger charge is -2.08. The number of hydrogen-bond donors (Lipinski definition) is 2. The first-order valence-electron chi connectivity index (χ1n) is 5.42. The molecule has 0 aromatic heterocycles. The second-order valence-electron chi connectivity index (χ2n) is 3.95. The number of carbonyl (C=O) groups excluding carboxylic acids is 1. The highest BCUT2D eigenvalue weighted by molar-refractivity contribution is 5.88. The van der Waals surface area contributed by atoms with Crippen molar-refractivity contribution in [2.45, 2.75) is 20.3 Å².